The molecule has 0 N–H and O–H groups in total. The highest BCUT2D eigenvalue weighted by Crippen LogP contribution is 2.40. The van der Waals surface area contributed by atoms with E-state index in [0.29, 0.717) is 0 Å². The van der Waals surface area contributed by atoms with Crippen LogP contribution >= 0.6 is 0 Å². The summed E-state index contributed by atoms with van der Waals surface area (Å²) in [5.41, 5.74) is 11.8. The average Bonchev–Trinajstić information content (AvgIpc) is 3.22. The predicted molar refractivity (Wildman–Crippen MR) is 140 cm³/mol. The summed E-state index contributed by atoms with van der Waals surface area (Å²) in [4.78, 5) is 2.43. The topological polar surface area (TPSA) is 8.17 Å². The summed E-state index contributed by atoms with van der Waals surface area (Å²) in [6.07, 6.45) is 0. The maximum atomic E-state index is 2.49. The van der Waals surface area contributed by atoms with Crippen molar-refractivity contribution in [3.8, 4) is 5.69 Å². The lowest BCUT2D eigenvalue weighted by molar-refractivity contribution is 1.18. The van der Waals surface area contributed by atoms with E-state index in [1.165, 1.54) is 60.9 Å². The number of benzene rings is 5. The number of anilines is 3. The van der Waals surface area contributed by atoms with Gasteiger partial charge in [0, 0.05) is 39.0 Å². The van der Waals surface area contributed by atoms with Crippen LogP contribution in [-0.4, -0.2) is 11.3 Å². The minimum Gasteiger partial charge on any atom is -0.311 e. The molecular weight excluding hydrogens is 399 g/mol. The van der Waals surface area contributed by atoms with Crippen LogP contribution in [0.4, 0.5) is 17.1 Å². The fourth-order valence-electron chi connectivity index (χ4n) is 6.15. The van der Waals surface area contributed by atoms with Crippen molar-refractivity contribution < 1.29 is 0 Å². The van der Waals surface area contributed by atoms with Gasteiger partial charge >= 0.3 is 0 Å². The van der Waals surface area contributed by atoms with Gasteiger partial charge in [0.05, 0.1) is 5.52 Å². The zero-order valence-electron chi connectivity index (χ0n) is 17.9. The molecule has 0 amide bonds. The molecule has 0 aliphatic carbocycles. The Kier molecular flexibility index (Phi) is 3.24. The Balaban J connectivity index is 1.58. The molecular formula is C30H19BN2. The zero-order valence-corrected chi connectivity index (χ0v) is 17.9. The molecule has 0 bridgehead atoms. The van der Waals surface area contributed by atoms with E-state index in [4.69, 9.17) is 0 Å². The minimum absolute atomic E-state index is 0.216. The Morgan fingerprint density at radius 1 is 0.485 bits per heavy atom. The first-order chi connectivity index (χ1) is 16.4. The van der Waals surface area contributed by atoms with Crippen molar-refractivity contribution in [3.05, 3.63) is 115 Å². The molecule has 5 aromatic carbocycles. The van der Waals surface area contributed by atoms with E-state index in [9.17, 15) is 0 Å². The summed E-state index contributed by atoms with van der Waals surface area (Å²) in [5, 5.41) is 2.65. The molecule has 3 heteroatoms. The maximum absolute atomic E-state index is 2.49. The summed E-state index contributed by atoms with van der Waals surface area (Å²) in [6, 6.07) is 42.1. The Morgan fingerprint density at radius 2 is 1.15 bits per heavy atom. The first kappa shape index (κ1) is 17.3. The van der Waals surface area contributed by atoms with Crippen molar-refractivity contribution in [2.75, 3.05) is 4.90 Å². The molecule has 33 heavy (non-hydrogen) atoms. The number of rotatable bonds is 1. The molecule has 2 nitrogen and oxygen atoms in total. The monoisotopic (exact) mass is 418 g/mol. The van der Waals surface area contributed by atoms with Gasteiger partial charge in [-0.2, -0.15) is 0 Å². The number of hydrogen-bond acceptors (Lipinski definition) is 1. The van der Waals surface area contributed by atoms with Gasteiger partial charge in [-0.25, -0.2) is 0 Å². The van der Waals surface area contributed by atoms with Crippen molar-refractivity contribution in [3.63, 3.8) is 0 Å². The summed E-state index contributed by atoms with van der Waals surface area (Å²) in [7, 11) is 0. The van der Waals surface area contributed by atoms with Gasteiger partial charge in [0.2, 0.25) is 0 Å². The van der Waals surface area contributed by atoms with Gasteiger partial charge < -0.3 is 9.47 Å². The van der Waals surface area contributed by atoms with Crippen molar-refractivity contribution in [1.29, 1.82) is 0 Å². The molecule has 1 aromatic heterocycles. The summed E-state index contributed by atoms with van der Waals surface area (Å²) < 4.78 is 2.49. The van der Waals surface area contributed by atoms with Crippen LogP contribution < -0.4 is 21.3 Å². The highest BCUT2D eigenvalue weighted by Gasteiger charge is 2.41. The standard InChI is InChI=1S/C30H19BN2/c1-2-10-20(11-3-1)32-26-17-7-5-14-23(26)31-24-15-8-13-22-21-12-4-6-16-25(21)33(30(22)24)28-19-9-18-27(32)29(28)31/h1-19H. The van der Waals surface area contributed by atoms with Gasteiger partial charge in [-0.1, -0.05) is 78.9 Å². The summed E-state index contributed by atoms with van der Waals surface area (Å²) in [5.74, 6) is 0. The van der Waals surface area contributed by atoms with Crippen molar-refractivity contribution in [1.82, 2.24) is 4.57 Å². The normalized spacial score (nSPS) is 13.3. The second-order valence-corrected chi connectivity index (χ2v) is 8.97. The quantitative estimate of drug-likeness (QED) is 0.324. The number of nitrogens with zero attached hydrogens (tertiary/aromatic N) is 2. The van der Waals surface area contributed by atoms with Crippen LogP contribution in [0.2, 0.25) is 0 Å². The molecule has 0 unspecified atom stereocenters. The molecule has 0 saturated heterocycles. The van der Waals surface area contributed by atoms with E-state index in [1.54, 1.807) is 0 Å². The molecule has 6 aromatic rings. The van der Waals surface area contributed by atoms with Crippen LogP contribution in [0, 0.1) is 0 Å². The van der Waals surface area contributed by atoms with Crippen LogP contribution in [0.1, 0.15) is 0 Å². The predicted octanol–water partition coefficient (Wildman–Crippen LogP) is 5.40. The maximum Gasteiger partial charge on any atom is 0.252 e. The van der Waals surface area contributed by atoms with E-state index in [-0.39, 0.29) is 6.71 Å². The smallest absolute Gasteiger partial charge is 0.252 e. The highest BCUT2D eigenvalue weighted by atomic mass is 15.2. The van der Waals surface area contributed by atoms with Gasteiger partial charge in [0.15, 0.2) is 0 Å². The molecule has 0 spiro atoms. The summed E-state index contributed by atoms with van der Waals surface area (Å²) >= 11 is 0. The second-order valence-electron chi connectivity index (χ2n) is 8.97. The van der Waals surface area contributed by atoms with Gasteiger partial charge in [-0.05, 0) is 52.8 Å². The van der Waals surface area contributed by atoms with E-state index in [0.717, 1.165) is 0 Å². The molecule has 2 aliphatic heterocycles. The van der Waals surface area contributed by atoms with E-state index in [2.05, 4.69) is 125 Å². The van der Waals surface area contributed by atoms with E-state index >= 15 is 0 Å². The van der Waals surface area contributed by atoms with E-state index in [1.807, 2.05) is 0 Å². The second kappa shape index (κ2) is 6.17. The third-order valence-electron chi connectivity index (χ3n) is 7.37. The third kappa shape index (κ3) is 2.10. The number of aromatic nitrogens is 1. The van der Waals surface area contributed by atoms with Crippen molar-refractivity contribution in [2.45, 2.75) is 0 Å². The lowest BCUT2D eigenvalue weighted by atomic mass is 9.34. The minimum atomic E-state index is 0.216. The molecule has 0 atom stereocenters. The number of fused-ring (bicyclic) bond motifs is 7. The number of para-hydroxylation sites is 4. The summed E-state index contributed by atoms with van der Waals surface area (Å²) in [6.45, 7) is 0.216. The first-order valence-electron chi connectivity index (χ1n) is 11.5. The molecule has 3 heterocycles. The molecule has 152 valence electrons. The highest BCUT2D eigenvalue weighted by molar-refractivity contribution is 7.00. The van der Waals surface area contributed by atoms with E-state index < -0.39 is 0 Å². The molecule has 0 saturated carbocycles. The van der Waals surface area contributed by atoms with Crippen molar-refractivity contribution >= 4 is 62.0 Å². The largest absolute Gasteiger partial charge is 0.311 e. The fraction of sp³-hybridized carbons (Fsp3) is 0. The van der Waals surface area contributed by atoms with Gasteiger partial charge in [-0.15, -0.1) is 0 Å². The zero-order chi connectivity index (χ0) is 21.5. The van der Waals surface area contributed by atoms with Crippen molar-refractivity contribution in [2.24, 2.45) is 0 Å². The van der Waals surface area contributed by atoms with Crippen LogP contribution in [0.5, 0.6) is 0 Å². The Morgan fingerprint density at radius 3 is 2.09 bits per heavy atom. The van der Waals surface area contributed by atoms with Gasteiger partial charge in [0.1, 0.15) is 0 Å². The number of hydrogen-bond donors (Lipinski definition) is 0. The van der Waals surface area contributed by atoms with Crippen LogP contribution in [0.25, 0.3) is 27.5 Å². The molecule has 2 aliphatic rings. The lowest BCUT2D eigenvalue weighted by Crippen LogP contribution is -2.60. The van der Waals surface area contributed by atoms with Crippen LogP contribution in [-0.2, 0) is 0 Å². The first-order valence-corrected chi connectivity index (χ1v) is 11.5. The molecule has 0 radical (unpaired) electrons. The Labute approximate surface area is 192 Å². The lowest BCUT2D eigenvalue weighted by Gasteiger charge is -2.40. The SMILES string of the molecule is c1ccc(N2c3ccccc3B3c4c2cccc4-n2c4ccccc4c4cccc3c42)cc1. The average molecular weight is 418 g/mol. The van der Waals surface area contributed by atoms with Gasteiger partial charge in [0.25, 0.3) is 6.71 Å². The Hall–Kier alpha value is -4.24. The molecule has 0 fully saturated rings. The van der Waals surface area contributed by atoms with Crippen LogP contribution in [0.3, 0.4) is 0 Å². The van der Waals surface area contributed by atoms with Crippen LogP contribution in [0.15, 0.2) is 115 Å². The molecule has 8 rings (SSSR count). The Bertz CT molecular complexity index is 1730. The van der Waals surface area contributed by atoms with Gasteiger partial charge in [-0.3, -0.25) is 0 Å². The third-order valence-corrected chi connectivity index (χ3v) is 7.37. The fourth-order valence-corrected chi connectivity index (χ4v) is 6.15.